The summed E-state index contributed by atoms with van der Waals surface area (Å²) in [6, 6.07) is 0. The lowest BCUT2D eigenvalue weighted by Gasteiger charge is -2.16. The van der Waals surface area contributed by atoms with Crippen LogP contribution in [0, 0.1) is 0 Å². The van der Waals surface area contributed by atoms with Crippen LogP contribution in [-0.2, 0) is 14.3 Å². The lowest BCUT2D eigenvalue weighted by Crippen LogP contribution is -2.21. The van der Waals surface area contributed by atoms with Crippen molar-refractivity contribution >= 4 is 5.97 Å². The summed E-state index contributed by atoms with van der Waals surface area (Å²) in [4.78, 5) is 11.1. The molecule has 13 heavy (non-hydrogen) atoms. The van der Waals surface area contributed by atoms with Crippen LogP contribution in [-0.4, -0.2) is 24.3 Å². The van der Waals surface area contributed by atoms with Crippen molar-refractivity contribution in [3.63, 3.8) is 0 Å². The molecule has 0 aromatic rings. The Morgan fingerprint density at radius 3 is 2.00 bits per heavy atom. The molecule has 3 nitrogen and oxygen atoms in total. The van der Waals surface area contributed by atoms with E-state index in [-0.39, 0.29) is 24.3 Å². The summed E-state index contributed by atoms with van der Waals surface area (Å²) < 4.78 is 10.4. The van der Waals surface area contributed by atoms with E-state index in [1.807, 2.05) is 34.6 Å². The fourth-order valence-electron chi connectivity index (χ4n) is 1.06. The Kier molecular flexibility index (Phi) is 5.71. The standard InChI is InChI=1S/C10H20O3/c1-7(2)12-9(5)6-10(11)13-8(3)4/h7-9H,6H2,1-5H3. The molecule has 0 aliphatic heterocycles. The van der Waals surface area contributed by atoms with Gasteiger partial charge in [-0.1, -0.05) is 0 Å². The molecule has 0 spiro atoms. The van der Waals surface area contributed by atoms with Crippen LogP contribution in [0.2, 0.25) is 0 Å². The van der Waals surface area contributed by atoms with Crippen molar-refractivity contribution < 1.29 is 14.3 Å². The summed E-state index contributed by atoms with van der Waals surface area (Å²) in [6.07, 6.45) is 0.378. The summed E-state index contributed by atoms with van der Waals surface area (Å²) in [6.45, 7) is 9.45. The smallest absolute Gasteiger partial charge is 0.308 e. The van der Waals surface area contributed by atoms with Crippen molar-refractivity contribution in [3.05, 3.63) is 0 Å². The molecule has 0 bridgehead atoms. The minimum Gasteiger partial charge on any atom is -0.463 e. The molecule has 3 heteroatoms. The predicted octanol–water partition coefficient (Wildman–Crippen LogP) is 2.14. The van der Waals surface area contributed by atoms with Crippen LogP contribution in [0.1, 0.15) is 41.0 Å². The summed E-state index contributed by atoms with van der Waals surface area (Å²) in [5.74, 6) is -0.192. The fraction of sp³-hybridized carbons (Fsp3) is 0.900. The Balaban J connectivity index is 3.65. The van der Waals surface area contributed by atoms with Crippen LogP contribution in [0.25, 0.3) is 0 Å². The zero-order valence-corrected chi connectivity index (χ0v) is 9.16. The quantitative estimate of drug-likeness (QED) is 0.620. The Hall–Kier alpha value is -0.570. The van der Waals surface area contributed by atoms with Gasteiger partial charge < -0.3 is 9.47 Å². The normalized spacial score (nSPS) is 13.5. The number of hydrogen-bond acceptors (Lipinski definition) is 3. The highest BCUT2D eigenvalue weighted by Crippen LogP contribution is 2.04. The number of carbonyl (C=O) groups excluding carboxylic acids is 1. The molecule has 0 aliphatic rings. The molecule has 0 N–H and O–H groups in total. The van der Waals surface area contributed by atoms with Gasteiger partial charge in [-0.25, -0.2) is 0 Å². The third kappa shape index (κ3) is 7.78. The molecule has 0 amide bonds. The third-order valence-electron chi connectivity index (χ3n) is 1.33. The van der Waals surface area contributed by atoms with Crippen molar-refractivity contribution in [1.82, 2.24) is 0 Å². The molecule has 0 fully saturated rings. The van der Waals surface area contributed by atoms with Gasteiger partial charge in [0, 0.05) is 0 Å². The second-order valence-corrected chi connectivity index (χ2v) is 3.74. The van der Waals surface area contributed by atoms with Gasteiger partial charge in [-0.2, -0.15) is 0 Å². The average Bonchev–Trinajstić information content (AvgIpc) is 1.80. The number of esters is 1. The first-order valence-corrected chi connectivity index (χ1v) is 4.76. The molecule has 78 valence electrons. The highest BCUT2D eigenvalue weighted by Gasteiger charge is 2.12. The summed E-state index contributed by atoms with van der Waals surface area (Å²) in [7, 11) is 0. The second-order valence-electron chi connectivity index (χ2n) is 3.74. The van der Waals surface area contributed by atoms with E-state index < -0.39 is 0 Å². The van der Waals surface area contributed by atoms with Crippen LogP contribution >= 0.6 is 0 Å². The first-order chi connectivity index (χ1) is 5.91. The largest absolute Gasteiger partial charge is 0.463 e. The van der Waals surface area contributed by atoms with Gasteiger partial charge in [-0.3, -0.25) is 4.79 Å². The minimum atomic E-state index is -0.192. The maximum Gasteiger partial charge on any atom is 0.308 e. The van der Waals surface area contributed by atoms with Gasteiger partial charge in [0.2, 0.25) is 0 Å². The van der Waals surface area contributed by atoms with Gasteiger partial charge in [0.1, 0.15) is 0 Å². The van der Waals surface area contributed by atoms with Crippen molar-refractivity contribution in [2.24, 2.45) is 0 Å². The molecule has 0 rings (SSSR count). The molecule has 0 heterocycles. The van der Waals surface area contributed by atoms with Gasteiger partial charge in [0.05, 0.1) is 24.7 Å². The van der Waals surface area contributed by atoms with E-state index in [1.165, 1.54) is 0 Å². The van der Waals surface area contributed by atoms with Gasteiger partial charge >= 0.3 is 5.97 Å². The lowest BCUT2D eigenvalue weighted by atomic mass is 10.3. The molecule has 0 radical (unpaired) electrons. The van der Waals surface area contributed by atoms with Crippen LogP contribution < -0.4 is 0 Å². The number of hydrogen-bond donors (Lipinski definition) is 0. The van der Waals surface area contributed by atoms with Crippen LogP contribution in [0.3, 0.4) is 0 Å². The van der Waals surface area contributed by atoms with E-state index in [4.69, 9.17) is 9.47 Å². The van der Waals surface area contributed by atoms with Gasteiger partial charge in [-0.05, 0) is 34.6 Å². The van der Waals surface area contributed by atoms with Gasteiger partial charge in [-0.15, -0.1) is 0 Å². The van der Waals surface area contributed by atoms with Crippen molar-refractivity contribution in [1.29, 1.82) is 0 Å². The van der Waals surface area contributed by atoms with Crippen molar-refractivity contribution in [2.75, 3.05) is 0 Å². The monoisotopic (exact) mass is 188 g/mol. The van der Waals surface area contributed by atoms with Crippen LogP contribution in [0.15, 0.2) is 0 Å². The van der Waals surface area contributed by atoms with E-state index >= 15 is 0 Å². The molecule has 1 unspecified atom stereocenters. The highest BCUT2D eigenvalue weighted by atomic mass is 16.5. The lowest BCUT2D eigenvalue weighted by molar-refractivity contribution is -0.150. The SMILES string of the molecule is CC(C)OC(=O)CC(C)OC(C)C. The average molecular weight is 188 g/mol. The van der Waals surface area contributed by atoms with E-state index in [2.05, 4.69) is 0 Å². The Bertz CT molecular complexity index is 152. The number of carbonyl (C=O) groups is 1. The van der Waals surface area contributed by atoms with E-state index in [1.54, 1.807) is 0 Å². The second kappa shape index (κ2) is 5.97. The molecular weight excluding hydrogens is 168 g/mol. The highest BCUT2D eigenvalue weighted by molar-refractivity contribution is 5.70. The van der Waals surface area contributed by atoms with Crippen LogP contribution in [0.4, 0.5) is 0 Å². The number of rotatable bonds is 5. The molecule has 1 atom stereocenters. The third-order valence-corrected chi connectivity index (χ3v) is 1.33. The molecule has 0 aromatic carbocycles. The van der Waals surface area contributed by atoms with Crippen LogP contribution in [0.5, 0.6) is 0 Å². The van der Waals surface area contributed by atoms with Crippen molar-refractivity contribution in [2.45, 2.75) is 59.4 Å². The Morgan fingerprint density at radius 1 is 1.08 bits per heavy atom. The molecule has 0 aromatic heterocycles. The van der Waals surface area contributed by atoms with E-state index in [0.29, 0.717) is 6.42 Å². The maximum absolute atomic E-state index is 11.1. The Morgan fingerprint density at radius 2 is 1.62 bits per heavy atom. The maximum atomic E-state index is 11.1. The Labute approximate surface area is 80.4 Å². The minimum absolute atomic E-state index is 0.0428. The topological polar surface area (TPSA) is 35.5 Å². The zero-order chi connectivity index (χ0) is 10.4. The predicted molar refractivity (Wildman–Crippen MR) is 51.5 cm³/mol. The summed E-state index contributed by atoms with van der Waals surface area (Å²) in [5.41, 5.74) is 0. The fourth-order valence-corrected chi connectivity index (χ4v) is 1.06. The summed E-state index contributed by atoms with van der Waals surface area (Å²) >= 11 is 0. The zero-order valence-electron chi connectivity index (χ0n) is 9.16. The van der Waals surface area contributed by atoms with Gasteiger partial charge in [0.25, 0.3) is 0 Å². The van der Waals surface area contributed by atoms with E-state index in [9.17, 15) is 4.79 Å². The van der Waals surface area contributed by atoms with Crippen molar-refractivity contribution in [3.8, 4) is 0 Å². The van der Waals surface area contributed by atoms with E-state index in [0.717, 1.165) is 0 Å². The molecule has 0 aliphatic carbocycles. The summed E-state index contributed by atoms with van der Waals surface area (Å²) in [5, 5.41) is 0. The van der Waals surface area contributed by atoms with Gasteiger partial charge in [0.15, 0.2) is 0 Å². The molecule has 0 saturated heterocycles. The molecular formula is C10H20O3. The first kappa shape index (κ1) is 12.4. The first-order valence-electron chi connectivity index (χ1n) is 4.76. The number of ether oxygens (including phenoxy) is 2. The molecule has 0 saturated carbocycles.